The van der Waals surface area contributed by atoms with Crippen molar-refractivity contribution in [2.24, 2.45) is 0 Å². The quantitative estimate of drug-likeness (QED) is 0.895. The highest BCUT2D eigenvalue weighted by Crippen LogP contribution is 2.16. The molecule has 4 heteroatoms. The number of halogens is 1. The van der Waals surface area contributed by atoms with Crippen molar-refractivity contribution in [1.29, 1.82) is 0 Å². The topological polar surface area (TPSA) is 29.9 Å². The van der Waals surface area contributed by atoms with Crippen LogP contribution in [-0.4, -0.2) is 9.78 Å². The second-order valence-electron chi connectivity index (χ2n) is 4.72. The van der Waals surface area contributed by atoms with Gasteiger partial charge < -0.3 is 5.32 Å². The Bertz CT molecular complexity index is 548. The summed E-state index contributed by atoms with van der Waals surface area (Å²) in [5.74, 6) is -0.164. The minimum Gasteiger partial charge on any atom is -0.304 e. The Balaban J connectivity index is 2.04. The van der Waals surface area contributed by atoms with E-state index in [2.05, 4.69) is 23.4 Å². The minimum absolute atomic E-state index is 0.0262. The molecule has 0 saturated carbocycles. The third-order valence-electron chi connectivity index (χ3n) is 3.25. The molecule has 19 heavy (non-hydrogen) atoms. The first kappa shape index (κ1) is 13.7. The molecule has 0 spiro atoms. The van der Waals surface area contributed by atoms with Crippen molar-refractivity contribution in [2.45, 2.75) is 39.9 Å². The van der Waals surface area contributed by atoms with Crippen LogP contribution in [0.25, 0.3) is 0 Å². The average Bonchev–Trinajstić information content (AvgIpc) is 2.77. The van der Waals surface area contributed by atoms with E-state index in [0.29, 0.717) is 12.1 Å². The SMILES string of the molecule is CCn1nc(C)cc1CNC(C)c1ccccc1F. The largest absolute Gasteiger partial charge is 0.304 e. The molecule has 0 radical (unpaired) electrons. The van der Waals surface area contributed by atoms with Crippen molar-refractivity contribution in [3.8, 4) is 0 Å². The van der Waals surface area contributed by atoms with Gasteiger partial charge in [0.05, 0.1) is 11.4 Å². The smallest absolute Gasteiger partial charge is 0.127 e. The van der Waals surface area contributed by atoms with E-state index < -0.39 is 0 Å². The van der Waals surface area contributed by atoms with Crippen LogP contribution in [0.15, 0.2) is 30.3 Å². The van der Waals surface area contributed by atoms with Crippen LogP contribution in [0.5, 0.6) is 0 Å². The Hall–Kier alpha value is -1.68. The number of aromatic nitrogens is 2. The molecule has 0 aliphatic rings. The van der Waals surface area contributed by atoms with Crippen LogP contribution in [0.2, 0.25) is 0 Å². The van der Waals surface area contributed by atoms with Crippen molar-refractivity contribution in [1.82, 2.24) is 15.1 Å². The van der Waals surface area contributed by atoms with Gasteiger partial charge in [0.2, 0.25) is 0 Å². The van der Waals surface area contributed by atoms with E-state index in [1.807, 2.05) is 30.7 Å². The van der Waals surface area contributed by atoms with E-state index in [1.165, 1.54) is 6.07 Å². The summed E-state index contributed by atoms with van der Waals surface area (Å²) in [5, 5.41) is 7.74. The number of hydrogen-bond donors (Lipinski definition) is 1. The molecule has 1 heterocycles. The van der Waals surface area contributed by atoms with E-state index in [9.17, 15) is 4.39 Å². The summed E-state index contributed by atoms with van der Waals surface area (Å²) in [6.45, 7) is 7.55. The van der Waals surface area contributed by atoms with Crippen LogP contribution in [0.4, 0.5) is 4.39 Å². The fourth-order valence-corrected chi connectivity index (χ4v) is 2.21. The fourth-order valence-electron chi connectivity index (χ4n) is 2.21. The standard InChI is InChI=1S/C15H20FN3/c1-4-19-13(9-11(2)18-19)10-17-12(3)14-7-5-6-8-15(14)16/h5-9,12,17H,4,10H2,1-3H3. The van der Waals surface area contributed by atoms with Gasteiger partial charge in [-0.2, -0.15) is 5.10 Å². The first-order valence-electron chi connectivity index (χ1n) is 6.63. The van der Waals surface area contributed by atoms with Crippen molar-refractivity contribution in [3.05, 3.63) is 53.1 Å². The maximum atomic E-state index is 13.7. The Labute approximate surface area is 113 Å². The van der Waals surface area contributed by atoms with E-state index in [1.54, 1.807) is 6.07 Å². The summed E-state index contributed by atoms with van der Waals surface area (Å²) < 4.78 is 15.6. The zero-order chi connectivity index (χ0) is 13.8. The molecule has 1 aromatic heterocycles. The highest BCUT2D eigenvalue weighted by molar-refractivity contribution is 5.20. The molecule has 0 bridgehead atoms. The van der Waals surface area contributed by atoms with E-state index in [4.69, 9.17) is 0 Å². The number of nitrogens with zero attached hydrogens (tertiary/aromatic N) is 2. The lowest BCUT2D eigenvalue weighted by molar-refractivity contribution is 0.506. The maximum absolute atomic E-state index is 13.7. The Morgan fingerprint density at radius 2 is 2.11 bits per heavy atom. The summed E-state index contributed by atoms with van der Waals surface area (Å²) in [6, 6.07) is 8.91. The van der Waals surface area contributed by atoms with Crippen LogP contribution >= 0.6 is 0 Å². The maximum Gasteiger partial charge on any atom is 0.127 e. The molecule has 1 unspecified atom stereocenters. The van der Waals surface area contributed by atoms with Gasteiger partial charge in [-0.1, -0.05) is 18.2 Å². The van der Waals surface area contributed by atoms with Crippen LogP contribution in [0, 0.1) is 12.7 Å². The molecule has 0 saturated heterocycles. The lowest BCUT2D eigenvalue weighted by Crippen LogP contribution is -2.21. The van der Waals surface area contributed by atoms with Gasteiger partial charge in [-0.25, -0.2) is 4.39 Å². The van der Waals surface area contributed by atoms with Crippen molar-refractivity contribution >= 4 is 0 Å². The third-order valence-corrected chi connectivity index (χ3v) is 3.25. The molecule has 1 N–H and O–H groups in total. The predicted octanol–water partition coefficient (Wildman–Crippen LogP) is 3.20. The zero-order valence-corrected chi connectivity index (χ0v) is 11.7. The number of hydrogen-bond acceptors (Lipinski definition) is 2. The highest BCUT2D eigenvalue weighted by atomic mass is 19.1. The molecule has 2 rings (SSSR count). The number of benzene rings is 1. The number of aryl methyl sites for hydroxylation is 2. The van der Waals surface area contributed by atoms with Crippen LogP contribution in [0.3, 0.4) is 0 Å². The first-order chi connectivity index (χ1) is 9.11. The summed E-state index contributed by atoms with van der Waals surface area (Å²) in [6.07, 6.45) is 0. The van der Waals surface area contributed by atoms with Gasteiger partial charge in [0.25, 0.3) is 0 Å². The highest BCUT2D eigenvalue weighted by Gasteiger charge is 2.11. The predicted molar refractivity (Wildman–Crippen MR) is 74.3 cm³/mol. The van der Waals surface area contributed by atoms with Gasteiger partial charge >= 0.3 is 0 Å². The molecular weight excluding hydrogens is 241 g/mol. The van der Waals surface area contributed by atoms with Gasteiger partial charge in [0.1, 0.15) is 5.82 Å². The van der Waals surface area contributed by atoms with Crippen molar-refractivity contribution < 1.29 is 4.39 Å². The van der Waals surface area contributed by atoms with Gasteiger partial charge in [0, 0.05) is 24.7 Å². The minimum atomic E-state index is -0.164. The number of nitrogens with one attached hydrogen (secondary N) is 1. The van der Waals surface area contributed by atoms with Gasteiger partial charge in [-0.3, -0.25) is 4.68 Å². The molecule has 1 aromatic carbocycles. The van der Waals surface area contributed by atoms with Crippen molar-refractivity contribution in [2.75, 3.05) is 0 Å². The molecule has 0 aliphatic heterocycles. The van der Waals surface area contributed by atoms with Crippen molar-refractivity contribution in [3.63, 3.8) is 0 Å². The summed E-state index contributed by atoms with van der Waals surface area (Å²) >= 11 is 0. The fraction of sp³-hybridized carbons (Fsp3) is 0.400. The van der Waals surface area contributed by atoms with Crippen LogP contribution < -0.4 is 5.32 Å². The monoisotopic (exact) mass is 261 g/mol. The Kier molecular flexibility index (Phi) is 4.32. The Morgan fingerprint density at radius 3 is 2.79 bits per heavy atom. The molecule has 102 valence electrons. The lowest BCUT2D eigenvalue weighted by atomic mass is 10.1. The second kappa shape index (κ2) is 5.97. The van der Waals surface area contributed by atoms with E-state index in [0.717, 1.165) is 17.9 Å². The molecule has 2 aromatic rings. The molecular formula is C15H20FN3. The first-order valence-corrected chi connectivity index (χ1v) is 6.63. The summed E-state index contributed by atoms with van der Waals surface area (Å²) in [5.41, 5.74) is 2.84. The zero-order valence-electron chi connectivity index (χ0n) is 11.7. The van der Waals surface area contributed by atoms with Crippen LogP contribution in [-0.2, 0) is 13.1 Å². The normalized spacial score (nSPS) is 12.6. The Morgan fingerprint density at radius 1 is 1.37 bits per heavy atom. The molecule has 3 nitrogen and oxygen atoms in total. The summed E-state index contributed by atoms with van der Waals surface area (Å²) in [4.78, 5) is 0. The third kappa shape index (κ3) is 3.20. The molecule has 0 fully saturated rings. The summed E-state index contributed by atoms with van der Waals surface area (Å²) in [7, 11) is 0. The lowest BCUT2D eigenvalue weighted by Gasteiger charge is -2.15. The van der Waals surface area contributed by atoms with Gasteiger partial charge in [0.15, 0.2) is 0 Å². The van der Waals surface area contributed by atoms with Gasteiger partial charge in [-0.15, -0.1) is 0 Å². The van der Waals surface area contributed by atoms with E-state index in [-0.39, 0.29) is 11.9 Å². The van der Waals surface area contributed by atoms with E-state index >= 15 is 0 Å². The van der Waals surface area contributed by atoms with Gasteiger partial charge in [-0.05, 0) is 32.9 Å². The molecule has 0 aliphatic carbocycles. The molecule has 1 atom stereocenters. The number of rotatable bonds is 5. The average molecular weight is 261 g/mol. The van der Waals surface area contributed by atoms with Crippen LogP contribution in [0.1, 0.15) is 36.8 Å². The second-order valence-corrected chi connectivity index (χ2v) is 4.72. The molecule has 0 amide bonds.